The molecule has 1 aliphatic rings. The zero-order valence-electron chi connectivity index (χ0n) is 11.8. The summed E-state index contributed by atoms with van der Waals surface area (Å²) in [6, 6.07) is 4.64. The number of amides is 1. The fourth-order valence-electron chi connectivity index (χ4n) is 2.55. The number of nitrogens with zero attached hydrogens (tertiary/aromatic N) is 2. The lowest BCUT2D eigenvalue weighted by Crippen LogP contribution is -2.50. The zero-order valence-corrected chi connectivity index (χ0v) is 11.8. The van der Waals surface area contributed by atoms with Gasteiger partial charge in [0.2, 0.25) is 0 Å². The van der Waals surface area contributed by atoms with Crippen molar-refractivity contribution in [3.05, 3.63) is 48.0 Å². The number of carbonyl (C=O) groups excluding carboxylic acids is 1. The van der Waals surface area contributed by atoms with Gasteiger partial charge in [0.15, 0.2) is 0 Å². The Hall–Kier alpha value is -2.28. The number of nitrogens with one attached hydrogen (secondary N) is 1. The van der Waals surface area contributed by atoms with Gasteiger partial charge in [-0.05, 0) is 17.7 Å². The maximum Gasteiger partial charge on any atom is 0.252 e. The molecule has 1 amide bonds. The second kappa shape index (κ2) is 5.49. The molecule has 1 aromatic carbocycles. The van der Waals surface area contributed by atoms with Crippen LogP contribution in [0.3, 0.4) is 0 Å². The number of rotatable bonds is 4. The third-order valence-corrected chi connectivity index (χ3v) is 3.78. The molecule has 3 N–H and O–H groups in total. The van der Waals surface area contributed by atoms with E-state index in [0.717, 1.165) is 11.3 Å². The average molecular weight is 306 g/mol. The Morgan fingerprint density at radius 2 is 2.23 bits per heavy atom. The predicted molar refractivity (Wildman–Crippen MR) is 76.9 cm³/mol. The highest BCUT2D eigenvalue weighted by Crippen LogP contribution is 2.37. The molecule has 1 aromatic heterocycles. The monoisotopic (exact) mass is 306 g/mol. The van der Waals surface area contributed by atoms with E-state index in [-0.39, 0.29) is 18.7 Å². The molecule has 22 heavy (non-hydrogen) atoms. The molecule has 1 heterocycles. The number of hydrogen-bond donors (Lipinski definition) is 2. The first-order valence-electron chi connectivity index (χ1n) is 6.98. The molecule has 0 saturated heterocycles. The lowest BCUT2D eigenvalue weighted by Gasteiger charge is -2.35. The molecule has 0 bridgehead atoms. The van der Waals surface area contributed by atoms with Crippen molar-refractivity contribution in [2.75, 3.05) is 0 Å². The Balaban J connectivity index is 1.80. The first kappa shape index (κ1) is 14.6. The van der Waals surface area contributed by atoms with Crippen molar-refractivity contribution >= 4 is 5.91 Å². The van der Waals surface area contributed by atoms with Crippen molar-refractivity contribution in [2.24, 2.45) is 5.73 Å². The van der Waals surface area contributed by atoms with E-state index in [2.05, 4.69) is 10.3 Å². The molecule has 2 aromatic rings. The van der Waals surface area contributed by atoms with Crippen LogP contribution in [0.15, 0.2) is 36.9 Å². The van der Waals surface area contributed by atoms with Gasteiger partial charge in [0, 0.05) is 43.4 Å². The van der Waals surface area contributed by atoms with E-state index < -0.39 is 12.0 Å². The van der Waals surface area contributed by atoms with E-state index in [4.69, 9.17) is 5.73 Å². The Morgan fingerprint density at radius 3 is 2.82 bits per heavy atom. The van der Waals surface area contributed by atoms with Gasteiger partial charge in [-0.25, -0.2) is 13.8 Å². The number of alkyl halides is 2. The van der Waals surface area contributed by atoms with Gasteiger partial charge in [0.05, 0.1) is 12.0 Å². The maximum absolute atomic E-state index is 12.8. The first-order valence-corrected chi connectivity index (χ1v) is 6.98. The van der Waals surface area contributed by atoms with Crippen molar-refractivity contribution in [1.29, 1.82) is 0 Å². The van der Waals surface area contributed by atoms with E-state index in [0.29, 0.717) is 12.1 Å². The van der Waals surface area contributed by atoms with Crippen LogP contribution in [0.2, 0.25) is 0 Å². The highest BCUT2D eigenvalue weighted by atomic mass is 19.3. The van der Waals surface area contributed by atoms with Gasteiger partial charge in [-0.15, -0.1) is 0 Å². The Kier molecular flexibility index (Phi) is 3.66. The second-order valence-electron chi connectivity index (χ2n) is 5.45. The summed E-state index contributed by atoms with van der Waals surface area (Å²) in [6.45, 7) is 0.324. The van der Waals surface area contributed by atoms with Crippen LogP contribution in [-0.4, -0.2) is 27.4 Å². The maximum atomic E-state index is 12.8. The first-order chi connectivity index (χ1) is 10.5. The van der Waals surface area contributed by atoms with Gasteiger partial charge in [0.25, 0.3) is 11.8 Å². The minimum atomic E-state index is -2.65. The second-order valence-corrected chi connectivity index (χ2v) is 5.45. The summed E-state index contributed by atoms with van der Waals surface area (Å²) >= 11 is 0. The zero-order chi connectivity index (χ0) is 15.7. The standard InChI is InChI=1S/C15H16F2N4O/c16-15(17)6-12(7-15)20-14(22)10-1-2-11(8-18)13(5-10)21-4-3-19-9-21/h1-5,9,12H,6-8,18H2,(H,20,22). The summed E-state index contributed by atoms with van der Waals surface area (Å²) in [5.41, 5.74) is 7.74. The highest BCUT2D eigenvalue weighted by molar-refractivity contribution is 5.95. The summed E-state index contributed by atoms with van der Waals surface area (Å²) in [5, 5.41) is 2.62. The molecule has 0 radical (unpaired) electrons. The molecular weight excluding hydrogens is 290 g/mol. The van der Waals surface area contributed by atoms with Crippen LogP contribution in [0.5, 0.6) is 0 Å². The van der Waals surface area contributed by atoms with Crippen molar-refractivity contribution in [1.82, 2.24) is 14.9 Å². The van der Waals surface area contributed by atoms with Gasteiger partial charge < -0.3 is 15.6 Å². The molecule has 7 heteroatoms. The molecular formula is C15H16F2N4O. The van der Waals surface area contributed by atoms with Gasteiger partial charge in [-0.2, -0.15) is 0 Å². The fraction of sp³-hybridized carbons (Fsp3) is 0.333. The summed E-state index contributed by atoms with van der Waals surface area (Å²) in [4.78, 5) is 16.1. The van der Waals surface area contributed by atoms with E-state index in [1.165, 1.54) is 0 Å². The van der Waals surface area contributed by atoms with Crippen LogP contribution in [0, 0.1) is 0 Å². The van der Waals surface area contributed by atoms with Crippen LogP contribution in [0.4, 0.5) is 8.78 Å². The molecule has 3 rings (SSSR count). The summed E-state index contributed by atoms with van der Waals surface area (Å²) in [7, 11) is 0. The van der Waals surface area contributed by atoms with Crippen LogP contribution >= 0.6 is 0 Å². The van der Waals surface area contributed by atoms with Crippen molar-refractivity contribution < 1.29 is 13.6 Å². The Labute approximate surface area is 126 Å². The van der Waals surface area contributed by atoms with Crippen molar-refractivity contribution in [3.8, 4) is 5.69 Å². The van der Waals surface area contributed by atoms with E-state index in [1.807, 2.05) is 0 Å². The smallest absolute Gasteiger partial charge is 0.252 e. The lowest BCUT2D eigenvalue weighted by molar-refractivity contribution is -0.0901. The molecule has 0 spiro atoms. The molecule has 1 aliphatic carbocycles. The molecule has 0 unspecified atom stereocenters. The molecule has 5 nitrogen and oxygen atoms in total. The number of aromatic nitrogens is 2. The van der Waals surface area contributed by atoms with Gasteiger partial charge in [0.1, 0.15) is 0 Å². The molecule has 116 valence electrons. The lowest BCUT2D eigenvalue weighted by atomic mass is 9.88. The third-order valence-electron chi connectivity index (χ3n) is 3.78. The molecule has 0 atom stereocenters. The van der Waals surface area contributed by atoms with Crippen molar-refractivity contribution in [3.63, 3.8) is 0 Å². The normalized spacial score (nSPS) is 17.0. The van der Waals surface area contributed by atoms with Gasteiger partial charge in [-0.3, -0.25) is 4.79 Å². The number of carbonyl (C=O) groups is 1. The molecule has 1 saturated carbocycles. The van der Waals surface area contributed by atoms with Crippen LogP contribution < -0.4 is 11.1 Å². The number of imidazole rings is 1. The number of hydrogen-bond acceptors (Lipinski definition) is 3. The minimum absolute atomic E-state index is 0.298. The van der Waals surface area contributed by atoms with E-state index in [9.17, 15) is 13.6 Å². The highest BCUT2D eigenvalue weighted by Gasteiger charge is 2.45. The summed E-state index contributed by atoms with van der Waals surface area (Å²) in [5.74, 6) is -3.01. The Bertz CT molecular complexity index is 677. The fourth-order valence-corrected chi connectivity index (χ4v) is 2.55. The topological polar surface area (TPSA) is 72.9 Å². The quantitative estimate of drug-likeness (QED) is 0.905. The number of halogens is 2. The van der Waals surface area contributed by atoms with Crippen molar-refractivity contribution in [2.45, 2.75) is 31.4 Å². The Morgan fingerprint density at radius 1 is 1.45 bits per heavy atom. The van der Waals surface area contributed by atoms with Crippen LogP contribution in [0.1, 0.15) is 28.8 Å². The number of nitrogens with two attached hydrogens (primary N) is 1. The van der Waals surface area contributed by atoms with Crippen LogP contribution in [-0.2, 0) is 6.54 Å². The van der Waals surface area contributed by atoms with E-state index in [1.54, 1.807) is 41.5 Å². The minimum Gasteiger partial charge on any atom is -0.349 e. The molecule has 0 aliphatic heterocycles. The number of benzene rings is 1. The summed E-state index contributed by atoms with van der Waals surface area (Å²) in [6.07, 6.45) is 4.40. The summed E-state index contributed by atoms with van der Waals surface area (Å²) < 4.78 is 27.4. The third kappa shape index (κ3) is 2.85. The molecule has 1 fully saturated rings. The van der Waals surface area contributed by atoms with Gasteiger partial charge in [-0.1, -0.05) is 6.07 Å². The van der Waals surface area contributed by atoms with Gasteiger partial charge >= 0.3 is 0 Å². The van der Waals surface area contributed by atoms with E-state index >= 15 is 0 Å². The average Bonchev–Trinajstić information content (AvgIpc) is 2.98. The SMILES string of the molecule is NCc1ccc(C(=O)NC2CC(F)(F)C2)cc1-n1ccnc1. The largest absolute Gasteiger partial charge is 0.349 e. The van der Waals surface area contributed by atoms with Crippen LogP contribution in [0.25, 0.3) is 5.69 Å². The predicted octanol–water partition coefficient (Wildman–Crippen LogP) is 1.86.